The molecule has 2 radical (unpaired) electrons. The maximum Gasteiger partial charge on any atom is 2.00 e. The minimum atomic E-state index is -0.0929. The summed E-state index contributed by atoms with van der Waals surface area (Å²) in [7, 11) is 0. The average molecular weight is 684 g/mol. The average Bonchev–Trinajstić information content (AvgIpc) is 3.51. The Hall–Kier alpha value is 0.119. The molecule has 4 aliphatic carbocycles. The standard InChI is InChI=1S/2C16H25NO.2ClH.Sn/c2*1-10-6-7-11(2)17(10)13-12-8-9-16(5,14(13)18)15(12,3)4;;;/h2*6-7,10-13H,8-9H2,1-5H3;2*1H;/q;;;;+2/p-2. The fraction of sp³-hybridized carbons (Fsp3) is 0.812. The number of hydrogen-bond acceptors (Lipinski definition) is 4. The Kier molecular flexibility index (Phi) is 10.2. The van der Waals surface area contributed by atoms with Crippen LogP contribution in [0.25, 0.3) is 0 Å². The largest absolute Gasteiger partial charge is 2.00 e. The van der Waals surface area contributed by atoms with Gasteiger partial charge in [0.2, 0.25) is 0 Å². The second-order valence-electron chi connectivity index (χ2n) is 14.6. The predicted octanol–water partition coefficient (Wildman–Crippen LogP) is -0.315. The Balaban J connectivity index is 0.000000254. The first kappa shape index (κ1) is 35.3. The molecule has 0 spiro atoms. The molecule has 0 saturated heterocycles. The van der Waals surface area contributed by atoms with Gasteiger partial charge in [0.1, 0.15) is 0 Å². The van der Waals surface area contributed by atoms with Crippen LogP contribution in [0.4, 0.5) is 0 Å². The van der Waals surface area contributed by atoms with E-state index in [1.807, 2.05) is 0 Å². The topological polar surface area (TPSA) is 40.6 Å². The van der Waals surface area contributed by atoms with Crippen molar-refractivity contribution in [1.82, 2.24) is 9.80 Å². The summed E-state index contributed by atoms with van der Waals surface area (Å²) in [6.45, 7) is 22.5. The SMILES string of the molecule is CC1C=CC(C)N1C1C(=O)C2(C)CCC1C2(C)C.CC1C=CC(C)N1C1C(=O)C2(C)CCC1C2(C)C.[Cl-].[Cl-].[Sn+2]. The fourth-order valence-electron chi connectivity index (χ4n) is 9.56. The van der Waals surface area contributed by atoms with Crippen molar-refractivity contribution in [3.63, 3.8) is 0 Å². The number of carbonyl (C=O) groups is 2. The molecule has 10 atom stereocenters. The van der Waals surface area contributed by atoms with Gasteiger partial charge in [-0.15, -0.1) is 0 Å². The summed E-state index contributed by atoms with van der Waals surface area (Å²) in [5.74, 6) is 2.09. The maximum atomic E-state index is 12.9. The van der Waals surface area contributed by atoms with Crippen LogP contribution in [-0.4, -0.2) is 81.5 Å². The molecule has 0 aromatic carbocycles. The van der Waals surface area contributed by atoms with Gasteiger partial charge in [0, 0.05) is 35.0 Å². The van der Waals surface area contributed by atoms with E-state index >= 15 is 0 Å². The fourth-order valence-corrected chi connectivity index (χ4v) is 9.56. The molecule has 4 nitrogen and oxygen atoms in total. The molecule has 2 aliphatic heterocycles. The molecular formula is C32H50Cl2N2O2Sn. The molecule has 0 aromatic heterocycles. The first-order chi connectivity index (χ1) is 16.6. The summed E-state index contributed by atoms with van der Waals surface area (Å²) in [5, 5.41) is 0. The smallest absolute Gasteiger partial charge is 1.00 e. The second-order valence-corrected chi connectivity index (χ2v) is 14.6. The Morgan fingerprint density at radius 1 is 0.590 bits per heavy atom. The van der Waals surface area contributed by atoms with Crippen molar-refractivity contribution in [1.29, 1.82) is 0 Å². The molecule has 7 heteroatoms. The van der Waals surface area contributed by atoms with E-state index in [0.717, 1.165) is 12.8 Å². The molecule has 0 N–H and O–H groups in total. The van der Waals surface area contributed by atoms with Crippen LogP contribution in [0.15, 0.2) is 24.3 Å². The minimum absolute atomic E-state index is 0. The van der Waals surface area contributed by atoms with Crippen molar-refractivity contribution in [3.8, 4) is 0 Å². The molecule has 218 valence electrons. The van der Waals surface area contributed by atoms with Gasteiger partial charge in [-0.2, -0.15) is 0 Å². The second kappa shape index (κ2) is 11.3. The number of Topliss-reactive ketones (excluding diaryl/α,β-unsaturated/α-hetero) is 2. The molecule has 0 amide bonds. The van der Waals surface area contributed by atoms with E-state index in [1.165, 1.54) is 12.8 Å². The van der Waals surface area contributed by atoms with E-state index in [9.17, 15) is 9.59 Å². The van der Waals surface area contributed by atoms with Crippen LogP contribution in [0.5, 0.6) is 0 Å². The van der Waals surface area contributed by atoms with Crippen molar-refractivity contribution in [3.05, 3.63) is 24.3 Å². The van der Waals surface area contributed by atoms with Crippen LogP contribution < -0.4 is 24.8 Å². The molecule has 4 fully saturated rings. The van der Waals surface area contributed by atoms with Crippen molar-refractivity contribution in [2.24, 2.45) is 33.5 Å². The van der Waals surface area contributed by atoms with E-state index in [4.69, 9.17) is 0 Å². The van der Waals surface area contributed by atoms with E-state index in [-0.39, 0.29) is 82.5 Å². The maximum absolute atomic E-state index is 12.9. The Bertz CT molecular complexity index is 920. The Morgan fingerprint density at radius 2 is 0.846 bits per heavy atom. The third kappa shape index (κ3) is 4.59. The van der Waals surface area contributed by atoms with Crippen LogP contribution in [0, 0.1) is 33.5 Å². The number of hydrogen-bond donors (Lipinski definition) is 0. The van der Waals surface area contributed by atoms with Crippen molar-refractivity contribution >= 4 is 35.5 Å². The van der Waals surface area contributed by atoms with Gasteiger partial charge in [-0.25, -0.2) is 0 Å². The quantitative estimate of drug-likeness (QED) is 0.296. The predicted molar refractivity (Wildman–Crippen MR) is 152 cm³/mol. The van der Waals surface area contributed by atoms with E-state index in [1.54, 1.807) is 0 Å². The summed E-state index contributed by atoms with van der Waals surface area (Å²) in [4.78, 5) is 30.7. The van der Waals surface area contributed by atoms with Gasteiger partial charge < -0.3 is 24.8 Å². The molecule has 2 heterocycles. The molecule has 6 rings (SSSR count). The first-order valence-electron chi connectivity index (χ1n) is 14.6. The number of nitrogens with zero attached hydrogens (tertiary/aromatic N) is 2. The van der Waals surface area contributed by atoms with Crippen molar-refractivity contribution in [2.75, 3.05) is 0 Å². The summed E-state index contributed by atoms with van der Waals surface area (Å²) >= 11 is 0. The van der Waals surface area contributed by atoms with Gasteiger partial charge in [0.15, 0.2) is 11.6 Å². The summed E-state index contributed by atoms with van der Waals surface area (Å²) in [6.07, 6.45) is 13.6. The van der Waals surface area contributed by atoms with Gasteiger partial charge in [-0.05, 0) is 76.0 Å². The molecule has 0 aromatic rings. The number of halogens is 2. The van der Waals surface area contributed by atoms with Gasteiger partial charge in [-0.1, -0.05) is 65.8 Å². The van der Waals surface area contributed by atoms with Crippen LogP contribution >= 0.6 is 0 Å². The van der Waals surface area contributed by atoms with E-state index < -0.39 is 0 Å². The molecule has 10 unspecified atom stereocenters. The first-order valence-corrected chi connectivity index (χ1v) is 14.6. The van der Waals surface area contributed by atoms with E-state index in [2.05, 4.69) is 103 Å². The monoisotopic (exact) mass is 684 g/mol. The van der Waals surface area contributed by atoms with Gasteiger partial charge >= 0.3 is 23.9 Å². The van der Waals surface area contributed by atoms with Gasteiger partial charge in [0.05, 0.1) is 12.1 Å². The Labute approximate surface area is 267 Å². The van der Waals surface area contributed by atoms with Crippen LogP contribution in [0.3, 0.4) is 0 Å². The summed E-state index contributed by atoms with van der Waals surface area (Å²) in [5.41, 5.74) is 0.141. The van der Waals surface area contributed by atoms with Crippen LogP contribution in [-0.2, 0) is 9.59 Å². The summed E-state index contributed by atoms with van der Waals surface area (Å²) < 4.78 is 0. The number of carbonyl (C=O) groups excluding carboxylic acids is 2. The van der Waals surface area contributed by atoms with Crippen LogP contribution in [0.1, 0.15) is 94.9 Å². The van der Waals surface area contributed by atoms with E-state index in [0.29, 0.717) is 47.6 Å². The normalized spacial score (nSPS) is 46.5. The zero-order valence-electron chi connectivity index (χ0n) is 25.7. The van der Waals surface area contributed by atoms with Crippen molar-refractivity contribution < 1.29 is 34.4 Å². The third-order valence-corrected chi connectivity index (χ3v) is 12.9. The summed E-state index contributed by atoms with van der Waals surface area (Å²) in [6, 6.07) is 1.94. The molecule has 4 bridgehead atoms. The number of fused-ring (bicyclic) bond motifs is 4. The Morgan fingerprint density at radius 3 is 1.05 bits per heavy atom. The molecular weight excluding hydrogens is 634 g/mol. The van der Waals surface area contributed by atoms with Gasteiger partial charge in [0.25, 0.3) is 0 Å². The zero-order valence-corrected chi connectivity index (χ0v) is 30.1. The van der Waals surface area contributed by atoms with Crippen molar-refractivity contribution in [2.45, 2.75) is 131 Å². The third-order valence-electron chi connectivity index (χ3n) is 12.9. The number of ketones is 2. The van der Waals surface area contributed by atoms with Gasteiger partial charge in [-0.3, -0.25) is 19.4 Å². The zero-order chi connectivity index (χ0) is 26.6. The number of rotatable bonds is 2. The molecule has 6 aliphatic rings. The van der Waals surface area contributed by atoms with Crippen LogP contribution in [0.2, 0.25) is 0 Å². The molecule has 39 heavy (non-hydrogen) atoms. The minimum Gasteiger partial charge on any atom is -1.00 e. The molecule has 4 saturated carbocycles.